The lowest BCUT2D eigenvalue weighted by Crippen LogP contribution is -2.33. The Bertz CT molecular complexity index is 1480. The third kappa shape index (κ3) is 5.25. The van der Waals surface area contributed by atoms with Crippen molar-refractivity contribution in [2.75, 3.05) is 43.4 Å². The van der Waals surface area contributed by atoms with Crippen molar-refractivity contribution in [3.63, 3.8) is 0 Å². The van der Waals surface area contributed by atoms with Crippen molar-refractivity contribution in [2.45, 2.75) is 0 Å². The summed E-state index contributed by atoms with van der Waals surface area (Å²) < 4.78 is 29.2. The van der Waals surface area contributed by atoms with Crippen LogP contribution in [0.4, 0.5) is 10.2 Å². The van der Waals surface area contributed by atoms with Gasteiger partial charge >= 0.3 is 5.69 Å². The highest BCUT2D eigenvalue weighted by atomic mass is 35.5. The summed E-state index contributed by atoms with van der Waals surface area (Å²) in [5.41, 5.74) is 2.86. The molecule has 0 bridgehead atoms. The second-order valence-corrected chi connectivity index (χ2v) is 10.2. The van der Waals surface area contributed by atoms with Crippen molar-refractivity contribution in [3.05, 3.63) is 82.4 Å². The van der Waals surface area contributed by atoms with Gasteiger partial charge in [0.05, 0.1) is 10.7 Å². The van der Waals surface area contributed by atoms with Crippen LogP contribution in [-0.2, 0) is 11.8 Å². The normalized spacial score (nSPS) is 13.7. The van der Waals surface area contributed by atoms with E-state index in [1.807, 2.05) is 23.9 Å². The van der Waals surface area contributed by atoms with E-state index >= 15 is 4.39 Å². The highest BCUT2D eigenvalue weighted by molar-refractivity contribution is 7.99. The molecule has 1 saturated heterocycles. The summed E-state index contributed by atoms with van der Waals surface area (Å²) in [6, 6.07) is 11.9. The number of nitrogens with zero attached hydrogens (tertiary/aromatic N) is 4. The van der Waals surface area contributed by atoms with E-state index in [-0.39, 0.29) is 12.5 Å². The molecule has 0 N–H and O–H groups in total. The predicted octanol–water partition coefficient (Wildman–Crippen LogP) is 5.23. The molecule has 1 fully saturated rings. The third-order valence-corrected chi connectivity index (χ3v) is 7.48. The molecule has 5 rings (SSSR count). The van der Waals surface area contributed by atoms with E-state index in [1.54, 1.807) is 43.8 Å². The summed E-state index contributed by atoms with van der Waals surface area (Å²) in [7, 11) is 3.20. The van der Waals surface area contributed by atoms with Gasteiger partial charge in [0.15, 0.2) is 6.79 Å². The second kappa shape index (κ2) is 11.0. The Morgan fingerprint density at radius 3 is 2.43 bits per heavy atom. The molecule has 4 aromatic rings. The summed E-state index contributed by atoms with van der Waals surface area (Å²) in [6.07, 6.45) is 5.05. The molecule has 0 unspecified atom stereocenters. The SMILES string of the molecule is COCOc1c(-c2ccnc(N3CCSCC3)c2)cc(F)cc1-c1ccc(-n2ccn(C)c2=O)c(Cl)c1. The molecule has 10 heteroatoms. The van der Waals surface area contributed by atoms with Crippen LogP contribution in [0.5, 0.6) is 5.75 Å². The number of benzene rings is 2. The summed E-state index contributed by atoms with van der Waals surface area (Å²) in [6.45, 7) is 1.81. The first-order valence-electron chi connectivity index (χ1n) is 11.7. The highest BCUT2D eigenvalue weighted by Gasteiger charge is 2.20. The van der Waals surface area contributed by atoms with Crippen molar-refractivity contribution >= 4 is 29.2 Å². The lowest BCUT2D eigenvalue weighted by Gasteiger charge is -2.27. The lowest BCUT2D eigenvalue weighted by atomic mass is 9.97. The Kier molecular flexibility index (Phi) is 7.55. The predicted molar refractivity (Wildman–Crippen MR) is 147 cm³/mol. The van der Waals surface area contributed by atoms with Crippen LogP contribution in [0.2, 0.25) is 5.02 Å². The topological polar surface area (TPSA) is 61.5 Å². The van der Waals surface area contributed by atoms with Crippen molar-refractivity contribution < 1.29 is 13.9 Å². The monoisotopic (exact) mass is 540 g/mol. The number of ether oxygens (including phenoxy) is 2. The molecule has 2 aromatic heterocycles. The number of hydrogen-bond acceptors (Lipinski definition) is 6. The van der Waals surface area contributed by atoms with Crippen molar-refractivity contribution in [1.29, 1.82) is 0 Å². The number of imidazole rings is 1. The fourth-order valence-electron chi connectivity index (χ4n) is 4.36. The van der Waals surface area contributed by atoms with E-state index in [4.69, 9.17) is 21.1 Å². The minimum absolute atomic E-state index is 0.0157. The summed E-state index contributed by atoms with van der Waals surface area (Å²) in [5.74, 6) is 2.99. The van der Waals surface area contributed by atoms with Gasteiger partial charge in [-0.1, -0.05) is 17.7 Å². The first-order valence-corrected chi connectivity index (χ1v) is 13.3. The molecule has 2 aromatic carbocycles. The summed E-state index contributed by atoms with van der Waals surface area (Å²) in [4.78, 5) is 19.2. The summed E-state index contributed by atoms with van der Waals surface area (Å²) >= 11 is 8.54. The van der Waals surface area contributed by atoms with Gasteiger partial charge in [-0.3, -0.25) is 4.57 Å². The first kappa shape index (κ1) is 25.4. The van der Waals surface area contributed by atoms with E-state index in [2.05, 4.69) is 9.88 Å². The molecule has 37 heavy (non-hydrogen) atoms. The van der Waals surface area contributed by atoms with Crippen molar-refractivity contribution in [1.82, 2.24) is 14.1 Å². The molecular weight excluding hydrogens is 515 g/mol. The average molecular weight is 541 g/mol. The zero-order chi connectivity index (χ0) is 25.9. The molecule has 192 valence electrons. The van der Waals surface area contributed by atoms with Gasteiger partial charge in [0.1, 0.15) is 17.4 Å². The third-order valence-electron chi connectivity index (χ3n) is 6.23. The van der Waals surface area contributed by atoms with Gasteiger partial charge < -0.3 is 18.9 Å². The van der Waals surface area contributed by atoms with Crippen LogP contribution in [0, 0.1) is 5.82 Å². The van der Waals surface area contributed by atoms with Gasteiger partial charge in [-0.15, -0.1) is 0 Å². The van der Waals surface area contributed by atoms with Gasteiger partial charge in [-0.2, -0.15) is 11.8 Å². The van der Waals surface area contributed by atoms with Crippen molar-refractivity contribution in [3.8, 4) is 33.7 Å². The van der Waals surface area contributed by atoms with Crippen molar-refractivity contribution in [2.24, 2.45) is 7.05 Å². The standard InChI is InChI=1S/C27H26ClFN4O3S/c1-31-7-8-33(27(31)34)24-4-3-18(13-23(24)28)21-15-20(29)16-22(26(21)36-17-35-2)19-5-6-30-25(14-19)32-9-11-37-12-10-32/h3-8,13-16H,9-12,17H2,1-2H3. The second-order valence-electron chi connectivity index (χ2n) is 8.61. The Morgan fingerprint density at radius 2 is 1.78 bits per heavy atom. The zero-order valence-corrected chi connectivity index (χ0v) is 22.1. The van der Waals surface area contributed by atoms with E-state index in [1.165, 1.54) is 28.4 Å². The fraction of sp³-hybridized carbons (Fsp3) is 0.259. The van der Waals surface area contributed by atoms with E-state index in [0.717, 1.165) is 36.0 Å². The summed E-state index contributed by atoms with van der Waals surface area (Å²) in [5, 5.41) is 0.350. The van der Waals surface area contributed by atoms with E-state index in [0.29, 0.717) is 33.1 Å². The molecule has 1 aliphatic heterocycles. The van der Waals surface area contributed by atoms with Gasteiger partial charge in [0.2, 0.25) is 0 Å². The number of thioether (sulfide) groups is 1. The molecular formula is C27H26ClFN4O3S. The number of hydrogen-bond donors (Lipinski definition) is 0. The lowest BCUT2D eigenvalue weighted by molar-refractivity contribution is 0.0519. The zero-order valence-electron chi connectivity index (χ0n) is 20.5. The fourth-order valence-corrected chi connectivity index (χ4v) is 5.54. The minimum atomic E-state index is -0.415. The smallest absolute Gasteiger partial charge is 0.332 e. The van der Waals surface area contributed by atoms with Gasteiger partial charge in [-0.05, 0) is 47.5 Å². The Labute approximate surface area is 223 Å². The van der Waals surface area contributed by atoms with Gasteiger partial charge in [0.25, 0.3) is 0 Å². The first-order chi connectivity index (χ1) is 18.0. The van der Waals surface area contributed by atoms with Crippen LogP contribution in [-0.4, -0.2) is 52.6 Å². The number of methoxy groups -OCH3 is 1. The Morgan fingerprint density at radius 1 is 1.05 bits per heavy atom. The molecule has 0 saturated carbocycles. The number of aromatic nitrogens is 3. The number of halogens is 2. The number of aryl methyl sites for hydroxylation is 1. The largest absolute Gasteiger partial charge is 0.466 e. The Balaban J connectivity index is 1.61. The molecule has 1 aliphatic rings. The molecule has 7 nitrogen and oxygen atoms in total. The van der Waals surface area contributed by atoms with Crippen LogP contribution in [0.15, 0.2) is 65.8 Å². The molecule has 0 aliphatic carbocycles. The highest BCUT2D eigenvalue weighted by Crippen LogP contribution is 2.42. The number of pyridine rings is 1. The molecule has 0 atom stereocenters. The average Bonchev–Trinajstić information content (AvgIpc) is 3.25. The number of rotatable bonds is 7. The van der Waals surface area contributed by atoms with Gasteiger partial charge in [0, 0.05) is 68.5 Å². The Hall–Kier alpha value is -3.27. The maximum atomic E-state index is 15.1. The maximum absolute atomic E-state index is 15.1. The van der Waals surface area contributed by atoms with E-state index in [9.17, 15) is 4.79 Å². The molecule has 3 heterocycles. The van der Waals surface area contributed by atoms with Gasteiger partial charge in [-0.25, -0.2) is 14.2 Å². The van der Waals surface area contributed by atoms with Crippen LogP contribution < -0.4 is 15.3 Å². The van der Waals surface area contributed by atoms with Crippen LogP contribution in [0.25, 0.3) is 27.9 Å². The van der Waals surface area contributed by atoms with Crippen LogP contribution in [0.1, 0.15) is 0 Å². The minimum Gasteiger partial charge on any atom is -0.466 e. The quantitative estimate of drug-likeness (QED) is 0.299. The van der Waals surface area contributed by atoms with Crippen LogP contribution >= 0.6 is 23.4 Å². The number of anilines is 1. The van der Waals surface area contributed by atoms with E-state index < -0.39 is 5.82 Å². The molecule has 0 amide bonds. The molecule has 0 radical (unpaired) electrons. The maximum Gasteiger partial charge on any atom is 0.332 e. The molecule has 0 spiro atoms. The van der Waals surface area contributed by atoms with Crippen LogP contribution in [0.3, 0.4) is 0 Å².